The zero-order valence-corrected chi connectivity index (χ0v) is 9.94. The van der Waals surface area contributed by atoms with E-state index in [4.69, 9.17) is 23.1 Å². The number of nitrogens with zero attached hydrogens (tertiary/aromatic N) is 1. The molecule has 0 saturated carbocycles. The van der Waals surface area contributed by atoms with Crippen LogP contribution in [0, 0.1) is 12.3 Å². The van der Waals surface area contributed by atoms with E-state index in [0.717, 1.165) is 0 Å². The zero-order valence-electron chi connectivity index (χ0n) is 9.18. The van der Waals surface area contributed by atoms with Gasteiger partial charge in [-0.25, -0.2) is 4.79 Å². The molecule has 0 radical (unpaired) electrons. The average Bonchev–Trinajstić information content (AvgIpc) is 2.32. The minimum atomic E-state index is -1.08. The van der Waals surface area contributed by atoms with Gasteiger partial charge in [0.1, 0.15) is 0 Å². The van der Waals surface area contributed by atoms with Crippen LogP contribution in [-0.2, 0) is 6.54 Å². The smallest absolute Gasteiger partial charge is 0.335 e. The fourth-order valence-corrected chi connectivity index (χ4v) is 2.09. The van der Waals surface area contributed by atoms with Crippen LogP contribution in [0.1, 0.15) is 10.4 Å². The largest absolute Gasteiger partial charge is 0.478 e. The summed E-state index contributed by atoms with van der Waals surface area (Å²) in [4.78, 5) is 22.6. The molecular weight excluding hydrogens is 254 g/mol. The van der Waals surface area contributed by atoms with Gasteiger partial charge in [-0.3, -0.25) is 9.36 Å². The fraction of sp³-hybridized carbons (Fsp3) is 0.0769. The van der Waals surface area contributed by atoms with Crippen LogP contribution >= 0.6 is 11.6 Å². The maximum absolute atomic E-state index is 11.7. The van der Waals surface area contributed by atoms with Crippen LogP contribution in [0.15, 0.2) is 29.1 Å². The summed E-state index contributed by atoms with van der Waals surface area (Å²) in [5, 5.41) is 9.69. The average molecular weight is 262 g/mol. The normalized spacial score (nSPS) is 10.2. The predicted molar refractivity (Wildman–Crippen MR) is 69.0 cm³/mol. The molecule has 1 aromatic heterocycles. The standard InChI is InChI=1S/C13H8ClNO3/c1-2-5-15-11(16)4-3-8-6-9(13(17)18)7-10(14)12(8)15/h1,3-4,6-7H,5H2,(H,17,18). The first-order valence-electron chi connectivity index (χ1n) is 5.04. The molecule has 2 aromatic rings. The number of aromatic carboxylic acids is 1. The minimum absolute atomic E-state index is 0.0680. The number of rotatable bonds is 2. The van der Waals surface area contributed by atoms with E-state index >= 15 is 0 Å². The highest BCUT2D eigenvalue weighted by Gasteiger charge is 2.11. The number of fused-ring (bicyclic) bond motifs is 1. The van der Waals surface area contributed by atoms with E-state index in [-0.39, 0.29) is 22.7 Å². The van der Waals surface area contributed by atoms with Crippen molar-refractivity contribution in [1.29, 1.82) is 0 Å². The van der Waals surface area contributed by atoms with Crippen molar-refractivity contribution in [3.8, 4) is 12.3 Å². The SMILES string of the molecule is C#CCn1c(=O)ccc2cc(C(=O)O)cc(Cl)c21. The molecule has 0 unspecified atom stereocenters. The summed E-state index contributed by atoms with van der Waals surface area (Å²) in [6.07, 6.45) is 5.20. The van der Waals surface area contributed by atoms with Gasteiger partial charge in [-0.05, 0) is 18.2 Å². The van der Waals surface area contributed by atoms with Crippen LogP contribution in [0.4, 0.5) is 0 Å². The zero-order chi connectivity index (χ0) is 13.3. The Kier molecular flexibility index (Phi) is 3.09. The monoisotopic (exact) mass is 261 g/mol. The summed E-state index contributed by atoms with van der Waals surface area (Å²) < 4.78 is 1.34. The van der Waals surface area contributed by atoms with Gasteiger partial charge in [-0.15, -0.1) is 6.42 Å². The van der Waals surface area contributed by atoms with Gasteiger partial charge in [0, 0.05) is 11.5 Å². The van der Waals surface area contributed by atoms with Gasteiger partial charge in [0.2, 0.25) is 0 Å². The summed E-state index contributed by atoms with van der Waals surface area (Å²) in [6.45, 7) is 0.0856. The summed E-state index contributed by atoms with van der Waals surface area (Å²) in [6, 6.07) is 5.62. The second-order valence-corrected chi connectivity index (χ2v) is 4.07. The summed E-state index contributed by atoms with van der Waals surface area (Å²) in [5.41, 5.74) is 0.246. The first-order chi connectivity index (χ1) is 8.54. The maximum Gasteiger partial charge on any atom is 0.335 e. The van der Waals surface area contributed by atoms with Crippen LogP contribution < -0.4 is 5.56 Å². The molecule has 1 N–H and O–H groups in total. The highest BCUT2D eigenvalue weighted by atomic mass is 35.5. The molecule has 0 atom stereocenters. The second kappa shape index (κ2) is 4.55. The van der Waals surface area contributed by atoms with Gasteiger partial charge in [0.05, 0.1) is 22.6 Å². The number of carboxylic acids is 1. The molecule has 90 valence electrons. The van der Waals surface area contributed by atoms with Gasteiger partial charge >= 0.3 is 5.97 Å². The first kappa shape index (κ1) is 12.2. The highest BCUT2D eigenvalue weighted by Crippen LogP contribution is 2.24. The Morgan fingerprint density at radius 3 is 2.78 bits per heavy atom. The molecule has 4 nitrogen and oxygen atoms in total. The molecule has 2 rings (SSSR count). The Morgan fingerprint density at radius 1 is 1.44 bits per heavy atom. The lowest BCUT2D eigenvalue weighted by atomic mass is 10.1. The van der Waals surface area contributed by atoms with E-state index in [1.807, 2.05) is 0 Å². The number of terminal acetylenes is 1. The lowest BCUT2D eigenvalue weighted by Gasteiger charge is -2.09. The van der Waals surface area contributed by atoms with Crippen molar-refractivity contribution >= 4 is 28.5 Å². The van der Waals surface area contributed by atoms with Crippen molar-refractivity contribution in [3.05, 3.63) is 45.2 Å². The second-order valence-electron chi connectivity index (χ2n) is 3.66. The Morgan fingerprint density at radius 2 is 2.17 bits per heavy atom. The van der Waals surface area contributed by atoms with Crippen molar-refractivity contribution < 1.29 is 9.90 Å². The number of halogens is 1. The van der Waals surface area contributed by atoms with Crippen LogP contribution in [0.2, 0.25) is 5.02 Å². The van der Waals surface area contributed by atoms with Gasteiger partial charge in [0.15, 0.2) is 0 Å². The predicted octanol–water partition coefficient (Wildman–Crippen LogP) is 1.99. The number of hydrogen-bond donors (Lipinski definition) is 1. The van der Waals surface area contributed by atoms with E-state index in [0.29, 0.717) is 10.9 Å². The van der Waals surface area contributed by atoms with Gasteiger partial charge in [0.25, 0.3) is 5.56 Å². The van der Waals surface area contributed by atoms with Crippen LogP contribution in [-0.4, -0.2) is 15.6 Å². The lowest BCUT2D eigenvalue weighted by molar-refractivity contribution is 0.0697. The maximum atomic E-state index is 11.7. The summed E-state index contributed by atoms with van der Waals surface area (Å²) in [7, 11) is 0. The molecule has 0 fully saturated rings. The van der Waals surface area contributed by atoms with Crippen molar-refractivity contribution in [3.63, 3.8) is 0 Å². The number of carbonyl (C=O) groups is 1. The van der Waals surface area contributed by atoms with E-state index in [9.17, 15) is 9.59 Å². The molecule has 0 aliphatic rings. The fourth-order valence-electron chi connectivity index (χ4n) is 1.77. The topological polar surface area (TPSA) is 59.3 Å². The molecule has 0 aliphatic heterocycles. The summed E-state index contributed by atoms with van der Waals surface area (Å²) in [5.74, 6) is 1.29. The van der Waals surface area contributed by atoms with Crippen molar-refractivity contribution in [1.82, 2.24) is 4.57 Å². The lowest BCUT2D eigenvalue weighted by Crippen LogP contribution is -2.19. The highest BCUT2D eigenvalue weighted by molar-refractivity contribution is 6.35. The third-order valence-corrected chi connectivity index (χ3v) is 2.82. The molecule has 18 heavy (non-hydrogen) atoms. The van der Waals surface area contributed by atoms with Crippen molar-refractivity contribution in [2.24, 2.45) is 0 Å². The molecule has 1 aromatic carbocycles. The number of aromatic nitrogens is 1. The number of carboxylic acid groups (broad SMARTS) is 1. The quantitative estimate of drug-likeness (QED) is 0.841. The Hall–Kier alpha value is -2.25. The molecule has 1 heterocycles. The molecule has 0 bridgehead atoms. The Bertz CT molecular complexity index is 740. The van der Waals surface area contributed by atoms with Gasteiger partial charge in [-0.1, -0.05) is 17.5 Å². The summed E-state index contributed by atoms with van der Waals surface area (Å²) >= 11 is 6.03. The molecule has 0 amide bonds. The van der Waals surface area contributed by atoms with E-state index in [1.165, 1.54) is 28.8 Å². The van der Waals surface area contributed by atoms with Gasteiger partial charge in [-0.2, -0.15) is 0 Å². The number of pyridine rings is 1. The first-order valence-corrected chi connectivity index (χ1v) is 5.42. The Labute approximate surface area is 107 Å². The van der Waals surface area contributed by atoms with Crippen LogP contribution in [0.3, 0.4) is 0 Å². The number of hydrogen-bond acceptors (Lipinski definition) is 2. The van der Waals surface area contributed by atoms with Crippen LogP contribution in [0.25, 0.3) is 10.9 Å². The van der Waals surface area contributed by atoms with Crippen molar-refractivity contribution in [2.45, 2.75) is 6.54 Å². The van der Waals surface area contributed by atoms with Crippen molar-refractivity contribution in [2.75, 3.05) is 0 Å². The van der Waals surface area contributed by atoms with E-state index in [2.05, 4.69) is 5.92 Å². The Balaban J connectivity index is 2.88. The molecular formula is C13H8ClNO3. The van der Waals surface area contributed by atoms with Gasteiger partial charge < -0.3 is 5.11 Å². The minimum Gasteiger partial charge on any atom is -0.478 e. The van der Waals surface area contributed by atoms with E-state index < -0.39 is 5.97 Å². The molecule has 0 aliphatic carbocycles. The molecule has 0 spiro atoms. The third-order valence-electron chi connectivity index (χ3n) is 2.53. The third kappa shape index (κ3) is 1.96. The van der Waals surface area contributed by atoms with E-state index in [1.54, 1.807) is 0 Å². The molecule has 0 saturated heterocycles. The molecule has 5 heteroatoms. The van der Waals surface area contributed by atoms with Crippen LogP contribution in [0.5, 0.6) is 0 Å². The number of benzene rings is 1.